The summed E-state index contributed by atoms with van der Waals surface area (Å²) < 4.78 is 7.16. The van der Waals surface area contributed by atoms with Gasteiger partial charge in [-0.1, -0.05) is 18.5 Å². The minimum atomic E-state index is -0.294. The molecule has 1 aromatic carbocycles. The number of benzene rings is 1. The fourth-order valence-corrected chi connectivity index (χ4v) is 2.78. The van der Waals surface area contributed by atoms with E-state index in [-0.39, 0.29) is 5.63 Å². The summed E-state index contributed by atoms with van der Waals surface area (Å²) in [6.45, 7) is 5.81. The summed E-state index contributed by atoms with van der Waals surface area (Å²) in [5, 5.41) is 6.06. The molecule has 0 aliphatic carbocycles. The number of halogens is 1. The van der Waals surface area contributed by atoms with Crippen LogP contribution in [-0.4, -0.2) is 9.78 Å². The highest BCUT2D eigenvalue weighted by molar-refractivity contribution is 6.30. The van der Waals surface area contributed by atoms with Gasteiger partial charge in [0, 0.05) is 10.6 Å². The van der Waals surface area contributed by atoms with Gasteiger partial charge in [0.1, 0.15) is 0 Å². The van der Waals surface area contributed by atoms with Crippen LogP contribution in [0.1, 0.15) is 23.7 Å². The summed E-state index contributed by atoms with van der Waals surface area (Å²) in [5.41, 5.74) is 3.50. The Bertz CT molecular complexity index is 876. The van der Waals surface area contributed by atoms with Crippen LogP contribution in [0, 0.1) is 13.8 Å². The molecule has 0 radical (unpaired) electrons. The molecule has 0 atom stereocenters. The van der Waals surface area contributed by atoms with Crippen LogP contribution in [-0.2, 0) is 6.42 Å². The molecule has 0 amide bonds. The van der Waals surface area contributed by atoms with E-state index in [1.165, 1.54) is 0 Å². The van der Waals surface area contributed by atoms with Crippen LogP contribution in [0.2, 0.25) is 5.02 Å². The number of aromatic nitrogens is 2. The molecule has 3 rings (SSSR count). The Labute approximate surface area is 127 Å². The summed E-state index contributed by atoms with van der Waals surface area (Å²) >= 11 is 5.91. The van der Waals surface area contributed by atoms with Crippen molar-refractivity contribution in [3.8, 4) is 5.69 Å². The quantitative estimate of drug-likeness (QED) is 0.723. The van der Waals surface area contributed by atoms with E-state index in [4.69, 9.17) is 16.0 Å². The molecule has 0 unspecified atom stereocenters. The maximum absolute atomic E-state index is 12.1. The van der Waals surface area contributed by atoms with Crippen LogP contribution in [0.4, 0.5) is 0 Å². The second-order valence-corrected chi connectivity index (χ2v) is 5.44. The van der Waals surface area contributed by atoms with Gasteiger partial charge < -0.3 is 4.42 Å². The van der Waals surface area contributed by atoms with Crippen molar-refractivity contribution in [1.82, 2.24) is 9.78 Å². The van der Waals surface area contributed by atoms with Crippen molar-refractivity contribution in [2.75, 3.05) is 0 Å². The monoisotopic (exact) mass is 302 g/mol. The lowest BCUT2D eigenvalue weighted by Gasteiger charge is -2.05. The molecule has 108 valence electrons. The largest absolute Gasteiger partial charge is 0.403 e. The van der Waals surface area contributed by atoms with E-state index in [9.17, 15) is 4.79 Å². The first kappa shape index (κ1) is 13.9. The van der Waals surface area contributed by atoms with Crippen molar-refractivity contribution in [3.05, 3.63) is 56.5 Å². The van der Waals surface area contributed by atoms with Crippen LogP contribution in [0.3, 0.4) is 0 Å². The van der Waals surface area contributed by atoms with Gasteiger partial charge >= 0.3 is 5.63 Å². The predicted octanol–water partition coefficient (Wildman–Crippen LogP) is 3.81. The Morgan fingerprint density at radius 2 is 1.90 bits per heavy atom. The van der Waals surface area contributed by atoms with Crippen LogP contribution >= 0.6 is 11.6 Å². The molecule has 3 aromatic rings. The fourth-order valence-electron chi connectivity index (χ4n) is 2.65. The van der Waals surface area contributed by atoms with E-state index in [1.54, 1.807) is 16.8 Å². The lowest BCUT2D eigenvalue weighted by Crippen LogP contribution is -2.10. The number of hydrogen-bond donors (Lipinski definition) is 0. The molecular weight excluding hydrogens is 288 g/mol. The Balaban J connectivity index is 2.36. The minimum absolute atomic E-state index is 0.294. The Morgan fingerprint density at radius 1 is 1.24 bits per heavy atom. The molecule has 0 bridgehead atoms. The lowest BCUT2D eigenvalue weighted by atomic mass is 10.1. The van der Waals surface area contributed by atoms with E-state index in [0.29, 0.717) is 22.7 Å². The highest BCUT2D eigenvalue weighted by Gasteiger charge is 2.18. The number of nitrogens with zero attached hydrogens (tertiary/aromatic N) is 2. The Hall–Kier alpha value is -2.07. The van der Waals surface area contributed by atoms with Gasteiger partial charge in [0.2, 0.25) is 5.71 Å². The van der Waals surface area contributed by atoms with Gasteiger partial charge in [0.05, 0.1) is 16.8 Å². The molecule has 21 heavy (non-hydrogen) atoms. The molecule has 5 heteroatoms. The fraction of sp³-hybridized carbons (Fsp3) is 0.250. The van der Waals surface area contributed by atoms with Gasteiger partial charge in [-0.05, 0) is 50.1 Å². The highest BCUT2D eigenvalue weighted by Crippen LogP contribution is 2.26. The van der Waals surface area contributed by atoms with Gasteiger partial charge in [-0.25, -0.2) is 4.79 Å². The third-order valence-corrected chi connectivity index (χ3v) is 3.96. The molecular formula is C16H15ClN2O2. The second-order valence-electron chi connectivity index (χ2n) is 5.00. The van der Waals surface area contributed by atoms with E-state index in [2.05, 4.69) is 5.10 Å². The number of fused-ring (bicyclic) bond motifs is 1. The van der Waals surface area contributed by atoms with Crippen molar-refractivity contribution >= 4 is 22.7 Å². The third kappa shape index (κ3) is 2.16. The molecule has 0 saturated heterocycles. The SMILES string of the molecule is CCc1c(C)c2c(C)nn(-c3ccc(Cl)cc3)c2oc1=O. The first-order valence-corrected chi connectivity index (χ1v) is 7.18. The zero-order valence-electron chi connectivity index (χ0n) is 12.1. The third-order valence-electron chi connectivity index (χ3n) is 3.71. The molecule has 2 heterocycles. The minimum Gasteiger partial charge on any atom is -0.403 e. The number of aryl methyl sites for hydroxylation is 2. The van der Waals surface area contributed by atoms with Gasteiger partial charge in [-0.2, -0.15) is 9.78 Å². The Morgan fingerprint density at radius 3 is 2.52 bits per heavy atom. The number of hydrogen-bond acceptors (Lipinski definition) is 3. The molecule has 0 aliphatic rings. The molecule has 0 spiro atoms. The van der Waals surface area contributed by atoms with Gasteiger partial charge in [0.15, 0.2) is 0 Å². The average Bonchev–Trinajstić information content (AvgIpc) is 2.77. The number of rotatable bonds is 2. The topological polar surface area (TPSA) is 48.0 Å². The molecule has 0 fully saturated rings. The summed E-state index contributed by atoms with van der Waals surface area (Å²) in [4.78, 5) is 12.1. The maximum Gasteiger partial charge on any atom is 0.341 e. The van der Waals surface area contributed by atoms with Crippen molar-refractivity contribution in [2.45, 2.75) is 27.2 Å². The molecule has 0 aliphatic heterocycles. The van der Waals surface area contributed by atoms with Crippen molar-refractivity contribution in [2.24, 2.45) is 0 Å². The lowest BCUT2D eigenvalue weighted by molar-refractivity contribution is 0.526. The summed E-state index contributed by atoms with van der Waals surface area (Å²) in [6.07, 6.45) is 0.648. The summed E-state index contributed by atoms with van der Waals surface area (Å²) in [5.74, 6) is 0. The first-order valence-electron chi connectivity index (χ1n) is 6.80. The molecule has 4 nitrogen and oxygen atoms in total. The zero-order valence-corrected chi connectivity index (χ0v) is 12.9. The van der Waals surface area contributed by atoms with Gasteiger partial charge in [-0.15, -0.1) is 0 Å². The van der Waals surface area contributed by atoms with E-state index in [0.717, 1.165) is 22.3 Å². The predicted molar refractivity (Wildman–Crippen MR) is 83.5 cm³/mol. The maximum atomic E-state index is 12.1. The van der Waals surface area contributed by atoms with Crippen molar-refractivity contribution in [1.29, 1.82) is 0 Å². The highest BCUT2D eigenvalue weighted by atomic mass is 35.5. The summed E-state index contributed by atoms with van der Waals surface area (Å²) in [7, 11) is 0. The van der Waals surface area contributed by atoms with Crippen LogP contribution in [0.5, 0.6) is 0 Å². The van der Waals surface area contributed by atoms with Gasteiger partial charge in [-0.3, -0.25) is 0 Å². The van der Waals surface area contributed by atoms with E-state index >= 15 is 0 Å². The average molecular weight is 303 g/mol. The summed E-state index contributed by atoms with van der Waals surface area (Å²) in [6, 6.07) is 7.25. The van der Waals surface area contributed by atoms with Crippen molar-refractivity contribution in [3.63, 3.8) is 0 Å². The van der Waals surface area contributed by atoms with Crippen LogP contribution < -0.4 is 5.63 Å². The van der Waals surface area contributed by atoms with E-state index in [1.807, 2.05) is 32.9 Å². The van der Waals surface area contributed by atoms with Crippen LogP contribution in [0.25, 0.3) is 16.8 Å². The van der Waals surface area contributed by atoms with Crippen LogP contribution in [0.15, 0.2) is 33.5 Å². The van der Waals surface area contributed by atoms with Crippen molar-refractivity contribution < 1.29 is 4.42 Å². The van der Waals surface area contributed by atoms with Gasteiger partial charge in [0.25, 0.3) is 0 Å². The normalized spacial score (nSPS) is 11.2. The van der Waals surface area contributed by atoms with E-state index < -0.39 is 0 Å². The smallest absolute Gasteiger partial charge is 0.341 e. The molecule has 2 aromatic heterocycles. The standard InChI is InChI=1S/C16H15ClN2O2/c1-4-13-9(2)14-10(3)18-19(15(14)21-16(13)20)12-7-5-11(17)6-8-12/h5-8H,4H2,1-3H3. The zero-order chi connectivity index (χ0) is 15.1. The second kappa shape index (κ2) is 5.04. The Kier molecular flexibility index (Phi) is 3.33. The molecule has 0 N–H and O–H groups in total. The first-order chi connectivity index (χ1) is 10.0. The molecule has 0 saturated carbocycles.